The van der Waals surface area contributed by atoms with Crippen LogP contribution in [0.5, 0.6) is 11.5 Å². The van der Waals surface area contributed by atoms with E-state index < -0.39 is 11.6 Å². The van der Waals surface area contributed by atoms with Gasteiger partial charge in [-0.05, 0) is 94.1 Å². The number of hydrogen-bond acceptors (Lipinski definition) is 6. The third-order valence-electron chi connectivity index (χ3n) is 8.09. The minimum absolute atomic E-state index is 0.0106. The van der Waals surface area contributed by atoms with Crippen molar-refractivity contribution >= 4 is 74.9 Å². The van der Waals surface area contributed by atoms with Crippen molar-refractivity contribution in [2.75, 3.05) is 25.7 Å². The molecule has 0 aliphatic carbocycles. The summed E-state index contributed by atoms with van der Waals surface area (Å²) in [7, 11) is 3.19. The molecule has 0 unspecified atom stereocenters. The van der Waals surface area contributed by atoms with E-state index in [4.69, 9.17) is 72.1 Å². The monoisotopic (exact) mass is 716 g/mol. The van der Waals surface area contributed by atoms with Crippen LogP contribution in [0.25, 0.3) is 11.1 Å². The number of nitrogens with two attached hydrogens (primary N) is 2. The summed E-state index contributed by atoms with van der Waals surface area (Å²) in [6.07, 6.45) is 3.66. The Morgan fingerprint density at radius 2 is 0.938 bits per heavy atom. The van der Waals surface area contributed by atoms with E-state index in [0.717, 1.165) is 22.3 Å². The molecule has 0 bridgehead atoms. The van der Waals surface area contributed by atoms with Crippen LogP contribution in [-0.4, -0.2) is 20.2 Å². The van der Waals surface area contributed by atoms with Crippen LogP contribution in [0.2, 0.25) is 20.1 Å². The van der Waals surface area contributed by atoms with E-state index in [-0.39, 0.29) is 31.2 Å². The van der Waals surface area contributed by atoms with Gasteiger partial charge >= 0.3 is 5.97 Å². The molecular formula is C38H28Cl4N2O4. The second kappa shape index (κ2) is 13.5. The number of hydrogen-bond donors (Lipinski definition) is 2. The maximum atomic E-state index is 13.9. The molecule has 10 heteroatoms. The van der Waals surface area contributed by atoms with Crippen LogP contribution in [0.15, 0.2) is 109 Å². The first-order valence-corrected chi connectivity index (χ1v) is 16.1. The fraction of sp³-hybridized carbons (Fsp3) is 0.0789. The Kier molecular flexibility index (Phi) is 9.37. The summed E-state index contributed by atoms with van der Waals surface area (Å²) in [5.74, 6) is 0.619. The maximum Gasteiger partial charge on any atom is 0.341 e. The number of benzene rings is 5. The number of esters is 1. The Morgan fingerprint density at radius 3 is 1.31 bits per heavy atom. The summed E-state index contributed by atoms with van der Waals surface area (Å²) in [6, 6.07) is 29.7. The largest absolute Gasteiger partial charge is 0.497 e. The molecule has 242 valence electrons. The van der Waals surface area contributed by atoms with Gasteiger partial charge in [-0.25, -0.2) is 4.79 Å². The normalized spacial score (nSPS) is 16.0. The number of anilines is 2. The van der Waals surface area contributed by atoms with Gasteiger partial charge < -0.3 is 25.7 Å². The minimum Gasteiger partial charge on any atom is -0.497 e. The highest BCUT2D eigenvalue weighted by molar-refractivity contribution is 6.53. The molecule has 0 saturated heterocycles. The fourth-order valence-corrected chi connectivity index (χ4v) is 6.73. The van der Waals surface area contributed by atoms with Gasteiger partial charge in [-0.15, -0.1) is 0 Å². The zero-order chi connectivity index (χ0) is 34.2. The molecular weight excluding hydrogens is 690 g/mol. The van der Waals surface area contributed by atoms with E-state index in [1.165, 1.54) is 0 Å². The van der Waals surface area contributed by atoms with Crippen molar-refractivity contribution in [3.05, 3.63) is 163 Å². The Morgan fingerprint density at radius 1 is 0.583 bits per heavy atom. The van der Waals surface area contributed by atoms with Crippen LogP contribution >= 0.6 is 46.4 Å². The third-order valence-corrected chi connectivity index (χ3v) is 9.89. The van der Waals surface area contributed by atoms with E-state index in [1.54, 1.807) is 38.5 Å². The summed E-state index contributed by atoms with van der Waals surface area (Å²) in [5, 5.41) is -0.0990. The number of ether oxygens (including phenoxy) is 3. The fourth-order valence-electron chi connectivity index (χ4n) is 5.65. The molecule has 6 nitrogen and oxygen atoms in total. The Hall–Kier alpha value is -4.59. The zero-order valence-electron chi connectivity index (χ0n) is 25.7. The zero-order valence-corrected chi connectivity index (χ0v) is 28.7. The second-order valence-corrected chi connectivity index (χ2v) is 12.5. The number of methoxy groups -OCH3 is 2. The quantitative estimate of drug-likeness (QED) is 0.0718. The van der Waals surface area contributed by atoms with Crippen molar-refractivity contribution in [3.8, 4) is 11.5 Å². The van der Waals surface area contributed by atoms with Crippen LogP contribution in [0.3, 0.4) is 0 Å². The van der Waals surface area contributed by atoms with E-state index in [1.807, 2.05) is 84.9 Å². The second-order valence-electron chi connectivity index (χ2n) is 11.0. The molecule has 0 radical (unpaired) electrons. The number of halogens is 4. The predicted molar refractivity (Wildman–Crippen MR) is 195 cm³/mol. The van der Waals surface area contributed by atoms with Gasteiger partial charge in [0, 0.05) is 16.9 Å². The van der Waals surface area contributed by atoms with Crippen LogP contribution in [0, 0.1) is 0 Å². The summed E-state index contributed by atoms with van der Waals surface area (Å²) < 4.78 is 17.2. The molecule has 0 aromatic heterocycles. The molecule has 5 aromatic rings. The molecule has 1 aliphatic rings. The lowest BCUT2D eigenvalue weighted by Gasteiger charge is -2.27. The van der Waals surface area contributed by atoms with Crippen molar-refractivity contribution in [3.63, 3.8) is 0 Å². The number of nitrogen functional groups attached to an aromatic ring is 2. The molecule has 1 aliphatic heterocycles. The first kappa shape index (κ1) is 33.3. The van der Waals surface area contributed by atoms with Crippen molar-refractivity contribution in [2.24, 2.45) is 0 Å². The smallest absolute Gasteiger partial charge is 0.341 e. The van der Waals surface area contributed by atoms with Crippen LogP contribution < -0.4 is 20.9 Å². The highest BCUT2D eigenvalue weighted by Gasteiger charge is 2.48. The van der Waals surface area contributed by atoms with Gasteiger partial charge in [-0.3, -0.25) is 0 Å². The van der Waals surface area contributed by atoms with E-state index in [9.17, 15) is 4.79 Å². The van der Waals surface area contributed by atoms with Crippen molar-refractivity contribution in [1.82, 2.24) is 0 Å². The van der Waals surface area contributed by atoms with E-state index >= 15 is 0 Å². The van der Waals surface area contributed by atoms with E-state index in [2.05, 4.69) is 0 Å². The summed E-state index contributed by atoms with van der Waals surface area (Å²) in [6.45, 7) is 0. The molecule has 48 heavy (non-hydrogen) atoms. The lowest BCUT2D eigenvalue weighted by atomic mass is 9.83. The van der Waals surface area contributed by atoms with Gasteiger partial charge in [0.25, 0.3) is 0 Å². The average molecular weight is 718 g/mol. The number of carbonyl (C=O) groups excluding carboxylic acids is 1. The number of carbonyl (C=O) groups is 1. The lowest BCUT2D eigenvalue weighted by Crippen LogP contribution is -2.23. The molecule has 0 fully saturated rings. The van der Waals surface area contributed by atoms with Crippen molar-refractivity contribution in [1.29, 1.82) is 0 Å². The Balaban J connectivity index is 1.75. The average Bonchev–Trinajstić information content (AvgIpc) is 3.40. The standard InChI is InChI=1S/C38H28Cl4N2O4/c1-46-27-15-7-23(8-16-27)29(21-3-11-25(43)12-4-21)19-38(32-31(37(45)48-38)33(39)35(41)36(42)34(32)40)20-30(22-5-13-26(44)14-6-22)24-9-17-28(47-2)18-10-24/h3-20H,43-44H2,1-2H3. The SMILES string of the molecule is COc1ccc(C(=CC2(C=C(c3ccc(N)cc3)c3ccc(OC)cc3)OC(=O)c3c(Cl)c(Cl)c(Cl)c(Cl)c32)c2ccc(N)cc2)cc1. The molecule has 4 N–H and O–H groups in total. The third kappa shape index (κ3) is 6.20. The van der Waals surface area contributed by atoms with Gasteiger partial charge in [0.1, 0.15) is 11.5 Å². The molecule has 5 aromatic carbocycles. The number of cyclic esters (lactones) is 1. The van der Waals surface area contributed by atoms with Gasteiger partial charge in [-0.1, -0.05) is 94.9 Å². The molecule has 1 heterocycles. The predicted octanol–water partition coefficient (Wildman–Crippen LogP) is 10.1. The van der Waals surface area contributed by atoms with Gasteiger partial charge in [-0.2, -0.15) is 0 Å². The molecule has 0 atom stereocenters. The topological polar surface area (TPSA) is 96.8 Å². The highest BCUT2D eigenvalue weighted by Crippen LogP contribution is 2.53. The summed E-state index contributed by atoms with van der Waals surface area (Å²) in [4.78, 5) is 13.9. The molecule has 6 rings (SSSR count). The van der Waals surface area contributed by atoms with Gasteiger partial charge in [0.05, 0.1) is 39.9 Å². The van der Waals surface area contributed by atoms with Crippen molar-refractivity contribution < 1.29 is 19.0 Å². The van der Waals surface area contributed by atoms with Gasteiger partial charge in [0.2, 0.25) is 0 Å². The first-order chi connectivity index (χ1) is 23.0. The lowest BCUT2D eigenvalue weighted by molar-refractivity contribution is 0.0300. The van der Waals surface area contributed by atoms with E-state index in [0.29, 0.717) is 34.0 Å². The first-order valence-electron chi connectivity index (χ1n) is 14.6. The number of fused-ring (bicyclic) bond motifs is 1. The molecule has 0 spiro atoms. The summed E-state index contributed by atoms with van der Waals surface area (Å²) in [5.41, 5.74) is 16.5. The minimum atomic E-state index is -1.66. The summed E-state index contributed by atoms with van der Waals surface area (Å²) >= 11 is 26.9. The number of rotatable bonds is 8. The van der Waals surface area contributed by atoms with Crippen LogP contribution in [0.4, 0.5) is 11.4 Å². The molecule has 0 saturated carbocycles. The van der Waals surface area contributed by atoms with Crippen LogP contribution in [0.1, 0.15) is 38.2 Å². The van der Waals surface area contributed by atoms with Crippen molar-refractivity contribution in [2.45, 2.75) is 5.60 Å². The highest BCUT2D eigenvalue weighted by atomic mass is 35.5. The Labute approximate surface area is 298 Å². The maximum absolute atomic E-state index is 13.9. The molecule has 0 amide bonds. The van der Waals surface area contributed by atoms with Crippen LogP contribution in [-0.2, 0) is 10.3 Å². The Bertz CT molecular complexity index is 1970. The van der Waals surface area contributed by atoms with Gasteiger partial charge in [0.15, 0.2) is 5.60 Å².